The molecule has 0 bridgehead atoms. The van der Waals surface area contributed by atoms with E-state index in [2.05, 4.69) is 24.3 Å². The molecule has 5 nitrogen and oxygen atoms in total. The Bertz CT molecular complexity index is 411. The summed E-state index contributed by atoms with van der Waals surface area (Å²) in [6.45, 7) is 5.11. The topological polar surface area (TPSA) is 58.4 Å². The number of piperidine rings is 1. The molecular formula is C12H19N3O2S. The highest BCUT2D eigenvalue weighted by Gasteiger charge is 2.24. The molecule has 0 spiro atoms. The van der Waals surface area contributed by atoms with Crippen LogP contribution in [0.3, 0.4) is 0 Å². The highest BCUT2D eigenvalue weighted by molar-refractivity contribution is 7.13. The van der Waals surface area contributed by atoms with Crippen LogP contribution in [0.15, 0.2) is 11.4 Å². The van der Waals surface area contributed by atoms with Gasteiger partial charge in [-0.05, 0) is 32.3 Å². The SMILES string of the molecule is CC1CCCC(C)N1NCc1csc([N+](=O)[O-])c1. The summed E-state index contributed by atoms with van der Waals surface area (Å²) in [4.78, 5) is 10.3. The van der Waals surface area contributed by atoms with Gasteiger partial charge in [0.15, 0.2) is 0 Å². The molecule has 1 aliphatic heterocycles. The third-order valence-corrected chi connectivity index (χ3v) is 4.41. The molecule has 0 aromatic carbocycles. The minimum absolute atomic E-state index is 0.214. The molecule has 1 N–H and O–H groups in total. The van der Waals surface area contributed by atoms with E-state index in [4.69, 9.17) is 0 Å². The maximum atomic E-state index is 10.6. The number of nitro groups is 1. The molecule has 18 heavy (non-hydrogen) atoms. The molecule has 1 fully saturated rings. The van der Waals surface area contributed by atoms with E-state index in [1.165, 1.54) is 30.6 Å². The minimum atomic E-state index is -0.333. The summed E-state index contributed by atoms with van der Waals surface area (Å²) in [6, 6.07) is 2.71. The Balaban J connectivity index is 1.91. The van der Waals surface area contributed by atoms with Gasteiger partial charge >= 0.3 is 5.00 Å². The van der Waals surface area contributed by atoms with Gasteiger partial charge in [0.1, 0.15) is 0 Å². The van der Waals surface area contributed by atoms with Crippen molar-refractivity contribution in [2.45, 2.75) is 51.7 Å². The standard InChI is InChI=1S/C12H19N3O2S/c1-9-4-3-5-10(2)14(9)13-7-11-6-12(15(16)17)18-8-11/h6,8-10,13H,3-5,7H2,1-2H3. The van der Waals surface area contributed by atoms with Gasteiger partial charge in [-0.25, -0.2) is 5.01 Å². The van der Waals surface area contributed by atoms with Crippen molar-refractivity contribution in [3.8, 4) is 0 Å². The Kier molecular flexibility index (Phi) is 4.31. The number of nitrogens with one attached hydrogen (secondary N) is 1. The summed E-state index contributed by atoms with van der Waals surface area (Å²) in [5.74, 6) is 0. The van der Waals surface area contributed by atoms with Crippen molar-refractivity contribution in [2.75, 3.05) is 0 Å². The van der Waals surface area contributed by atoms with Gasteiger partial charge in [-0.3, -0.25) is 15.5 Å². The largest absolute Gasteiger partial charge is 0.324 e. The van der Waals surface area contributed by atoms with Crippen LogP contribution in [0, 0.1) is 10.1 Å². The summed E-state index contributed by atoms with van der Waals surface area (Å²) in [5.41, 5.74) is 4.39. The molecule has 2 heterocycles. The van der Waals surface area contributed by atoms with Crippen molar-refractivity contribution >= 4 is 16.3 Å². The lowest BCUT2D eigenvalue weighted by molar-refractivity contribution is -0.380. The molecule has 0 aliphatic carbocycles. The lowest BCUT2D eigenvalue weighted by Crippen LogP contribution is -2.51. The van der Waals surface area contributed by atoms with Gasteiger partial charge in [-0.15, -0.1) is 0 Å². The Hall–Kier alpha value is -0.980. The van der Waals surface area contributed by atoms with Crippen molar-refractivity contribution in [2.24, 2.45) is 0 Å². The number of hydrazine groups is 1. The van der Waals surface area contributed by atoms with Gasteiger partial charge in [0, 0.05) is 30.1 Å². The molecule has 1 aliphatic rings. The molecular weight excluding hydrogens is 250 g/mol. The van der Waals surface area contributed by atoms with E-state index in [1.54, 1.807) is 6.07 Å². The molecule has 1 aromatic heterocycles. The fourth-order valence-corrected chi connectivity index (χ4v) is 3.20. The highest BCUT2D eigenvalue weighted by atomic mass is 32.1. The molecule has 6 heteroatoms. The highest BCUT2D eigenvalue weighted by Crippen LogP contribution is 2.24. The molecule has 0 radical (unpaired) electrons. The Morgan fingerprint density at radius 1 is 1.50 bits per heavy atom. The number of rotatable bonds is 4. The summed E-state index contributed by atoms with van der Waals surface area (Å²) in [5, 5.41) is 15.0. The Labute approximate surface area is 111 Å². The number of hydrogen-bond acceptors (Lipinski definition) is 5. The van der Waals surface area contributed by atoms with Gasteiger partial charge in [-0.2, -0.15) is 0 Å². The van der Waals surface area contributed by atoms with Crippen LogP contribution in [-0.2, 0) is 6.54 Å². The van der Waals surface area contributed by atoms with Gasteiger partial charge in [0.05, 0.1) is 4.92 Å². The van der Waals surface area contributed by atoms with Crippen molar-refractivity contribution < 1.29 is 4.92 Å². The van der Waals surface area contributed by atoms with Gasteiger partial charge < -0.3 is 0 Å². The molecule has 2 atom stereocenters. The summed E-state index contributed by atoms with van der Waals surface area (Å²) < 4.78 is 0. The predicted molar refractivity (Wildman–Crippen MR) is 72.4 cm³/mol. The van der Waals surface area contributed by atoms with Crippen LogP contribution in [0.2, 0.25) is 0 Å². The van der Waals surface area contributed by atoms with Crippen LogP contribution in [0.5, 0.6) is 0 Å². The zero-order chi connectivity index (χ0) is 13.1. The average molecular weight is 269 g/mol. The van der Waals surface area contributed by atoms with Gasteiger partial charge in [-0.1, -0.05) is 17.8 Å². The molecule has 0 amide bonds. The quantitative estimate of drug-likeness (QED) is 0.674. The first-order chi connectivity index (χ1) is 8.58. The molecule has 2 unspecified atom stereocenters. The molecule has 1 aromatic rings. The maximum Gasteiger partial charge on any atom is 0.324 e. The van der Waals surface area contributed by atoms with E-state index >= 15 is 0 Å². The second kappa shape index (κ2) is 5.77. The summed E-state index contributed by atoms with van der Waals surface area (Å²) in [6.07, 6.45) is 3.70. The second-order valence-corrected chi connectivity index (χ2v) is 5.81. The summed E-state index contributed by atoms with van der Waals surface area (Å²) >= 11 is 1.19. The Morgan fingerprint density at radius 2 is 2.17 bits per heavy atom. The average Bonchev–Trinajstić information content (AvgIpc) is 2.77. The zero-order valence-electron chi connectivity index (χ0n) is 10.8. The van der Waals surface area contributed by atoms with Crippen molar-refractivity contribution in [1.82, 2.24) is 10.4 Å². The predicted octanol–water partition coefficient (Wildman–Crippen LogP) is 2.92. The van der Waals surface area contributed by atoms with Crippen molar-refractivity contribution in [3.05, 3.63) is 27.1 Å². The number of nitrogens with zero attached hydrogens (tertiary/aromatic N) is 2. The Morgan fingerprint density at radius 3 is 2.72 bits per heavy atom. The summed E-state index contributed by atoms with van der Waals surface area (Å²) in [7, 11) is 0. The number of thiophene rings is 1. The minimum Gasteiger partial charge on any atom is -0.258 e. The van der Waals surface area contributed by atoms with E-state index in [0.29, 0.717) is 18.6 Å². The van der Waals surface area contributed by atoms with Gasteiger partial charge in [0.25, 0.3) is 0 Å². The molecule has 1 saturated heterocycles. The zero-order valence-corrected chi connectivity index (χ0v) is 11.6. The van der Waals surface area contributed by atoms with E-state index in [0.717, 1.165) is 5.56 Å². The van der Waals surface area contributed by atoms with Gasteiger partial charge in [0.2, 0.25) is 0 Å². The van der Waals surface area contributed by atoms with Crippen molar-refractivity contribution in [3.63, 3.8) is 0 Å². The smallest absolute Gasteiger partial charge is 0.258 e. The second-order valence-electron chi connectivity index (χ2n) is 4.92. The van der Waals surface area contributed by atoms with E-state index < -0.39 is 0 Å². The van der Waals surface area contributed by atoms with E-state index in [1.807, 2.05) is 5.38 Å². The molecule has 0 saturated carbocycles. The lowest BCUT2D eigenvalue weighted by Gasteiger charge is -2.39. The maximum absolute atomic E-state index is 10.6. The first kappa shape index (κ1) is 13.5. The molecule has 100 valence electrons. The van der Waals surface area contributed by atoms with Crippen LogP contribution >= 0.6 is 11.3 Å². The third-order valence-electron chi connectivity index (χ3n) is 3.48. The first-order valence-corrected chi connectivity index (χ1v) is 7.19. The van der Waals surface area contributed by atoms with Crippen molar-refractivity contribution in [1.29, 1.82) is 0 Å². The lowest BCUT2D eigenvalue weighted by atomic mass is 10.00. The fourth-order valence-electron chi connectivity index (χ4n) is 2.47. The molecule has 2 rings (SSSR count). The number of hydrogen-bond donors (Lipinski definition) is 1. The fraction of sp³-hybridized carbons (Fsp3) is 0.667. The van der Waals surface area contributed by atoms with Crippen LogP contribution in [-0.4, -0.2) is 22.0 Å². The van der Waals surface area contributed by atoms with Crippen LogP contribution in [0.1, 0.15) is 38.7 Å². The monoisotopic (exact) mass is 269 g/mol. The van der Waals surface area contributed by atoms with Crippen LogP contribution in [0.4, 0.5) is 5.00 Å². The van der Waals surface area contributed by atoms with E-state index in [9.17, 15) is 10.1 Å². The van der Waals surface area contributed by atoms with E-state index in [-0.39, 0.29) is 9.92 Å². The van der Waals surface area contributed by atoms with Crippen LogP contribution < -0.4 is 5.43 Å². The van der Waals surface area contributed by atoms with Crippen LogP contribution in [0.25, 0.3) is 0 Å². The first-order valence-electron chi connectivity index (χ1n) is 6.31. The third kappa shape index (κ3) is 3.07. The normalized spacial score (nSPS) is 25.2.